The Labute approximate surface area is 162 Å². The number of anilines is 1. The normalized spacial score (nSPS) is 10.4. The van der Waals surface area contributed by atoms with Crippen LogP contribution in [0.1, 0.15) is 23.7 Å². The first-order valence-electron chi connectivity index (χ1n) is 7.87. The van der Waals surface area contributed by atoms with Crippen LogP contribution in [0.2, 0.25) is 0 Å². The molecule has 0 fully saturated rings. The predicted molar refractivity (Wildman–Crippen MR) is 102 cm³/mol. The Morgan fingerprint density at radius 2 is 1.79 bits per heavy atom. The number of ketones is 1. The molecule has 4 N–H and O–H groups in total. The number of nitrogens with one attached hydrogen (secondary N) is 1. The highest BCUT2D eigenvalue weighted by molar-refractivity contribution is 7.89. The highest BCUT2D eigenvalue weighted by atomic mass is 32.2. The standard InChI is InChI=1S/C17H18N2O6S.CH2O/c1-11(20)7-8-19-14-9-12(17(21)22)10-15(26(18,23)24)16(14)25-13-5-3-2-4-6-13;1-2/h2-6,9-10,19H,7-8H2,1H3,(H,21,22)(H2,18,23,24);1H2. The van der Waals surface area contributed by atoms with Gasteiger partial charge in [-0.2, -0.15) is 0 Å². The largest absolute Gasteiger partial charge is 0.478 e. The summed E-state index contributed by atoms with van der Waals surface area (Å²) in [7, 11) is -4.27. The van der Waals surface area contributed by atoms with Gasteiger partial charge in [0.25, 0.3) is 0 Å². The van der Waals surface area contributed by atoms with Crippen molar-refractivity contribution >= 4 is 34.3 Å². The number of ether oxygens (including phenoxy) is 1. The fourth-order valence-electron chi connectivity index (χ4n) is 2.15. The van der Waals surface area contributed by atoms with Gasteiger partial charge in [0.1, 0.15) is 23.2 Å². The molecular weight excluding hydrogens is 388 g/mol. The van der Waals surface area contributed by atoms with Gasteiger partial charge in [0.05, 0.1) is 11.3 Å². The molecule has 2 rings (SSSR count). The molecule has 150 valence electrons. The molecule has 0 atom stereocenters. The van der Waals surface area contributed by atoms with Gasteiger partial charge >= 0.3 is 5.97 Å². The minimum Gasteiger partial charge on any atom is -0.478 e. The van der Waals surface area contributed by atoms with Gasteiger partial charge in [-0.1, -0.05) is 18.2 Å². The van der Waals surface area contributed by atoms with E-state index in [0.717, 1.165) is 6.07 Å². The molecule has 0 bridgehead atoms. The zero-order valence-corrected chi connectivity index (χ0v) is 15.9. The number of Topliss-reactive ketones (excluding diaryl/α,β-unsaturated/α-hetero) is 1. The molecule has 0 heterocycles. The van der Waals surface area contributed by atoms with Crippen molar-refractivity contribution in [2.45, 2.75) is 18.2 Å². The molecule has 2 aromatic rings. The van der Waals surface area contributed by atoms with Crippen LogP contribution >= 0.6 is 0 Å². The minimum atomic E-state index is -4.27. The van der Waals surface area contributed by atoms with Crippen molar-refractivity contribution in [3.05, 3.63) is 48.0 Å². The van der Waals surface area contributed by atoms with E-state index >= 15 is 0 Å². The first-order valence-corrected chi connectivity index (χ1v) is 9.42. The Bertz CT molecular complexity index is 944. The number of aromatic carboxylic acids is 1. The summed E-state index contributed by atoms with van der Waals surface area (Å²) in [5, 5.41) is 17.3. The summed E-state index contributed by atoms with van der Waals surface area (Å²) in [5.74, 6) is -1.19. The number of para-hydroxylation sites is 1. The maximum absolute atomic E-state index is 12.0. The van der Waals surface area contributed by atoms with Crippen LogP contribution in [0.15, 0.2) is 47.4 Å². The Balaban J connectivity index is 0.00000190. The Morgan fingerprint density at radius 3 is 2.29 bits per heavy atom. The topological polar surface area (TPSA) is 153 Å². The highest BCUT2D eigenvalue weighted by Crippen LogP contribution is 2.37. The van der Waals surface area contributed by atoms with Gasteiger partial charge in [-0.3, -0.25) is 4.79 Å². The monoisotopic (exact) mass is 408 g/mol. The summed E-state index contributed by atoms with van der Waals surface area (Å²) in [4.78, 5) is 30.0. The summed E-state index contributed by atoms with van der Waals surface area (Å²) < 4.78 is 29.6. The van der Waals surface area contributed by atoms with Gasteiger partial charge in [-0.25, -0.2) is 18.4 Å². The van der Waals surface area contributed by atoms with E-state index in [2.05, 4.69) is 5.32 Å². The number of rotatable bonds is 8. The third-order valence-electron chi connectivity index (χ3n) is 3.36. The van der Waals surface area contributed by atoms with E-state index in [9.17, 15) is 23.1 Å². The molecule has 10 heteroatoms. The zero-order valence-electron chi connectivity index (χ0n) is 15.0. The number of benzene rings is 2. The summed E-state index contributed by atoms with van der Waals surface area (Å²) in [6.07, 6.45) is 0.173. The van der Waals surface area contributed by atoms with E-state index in [-0.39, 0.29) is 35.7 Å². The Hall–Kier alpha value is -3.24. The molecule has 28 heavy (non-hydrogen) atoms. The molecular formula is C18H20N2O7S. The third kappa shape index (κ3) is 6.49. The summed E-state index contributed by atoms with van der Waals surface area (Å²) >= 11 is 0. The molecule has 0 unspecified atom stereocenters. The van der Waals surface area contributed by atoms with Crippen molar-refractivity contribution in [1.82, 2.24) is 0 Å². The van der Waals surface area contributed by atoms with E-state index in [1.54, 1.807) is 30.3 Å². The molecule has 2 aromatic carbocycles. The number of hydrogen-bond donors (Lipinski definition) is 3. The van der Waals surface area contributed by atoms with Crippen molar-refractivity contribution in [1.29, 1.82) is 0 Å². The van der Waals surface area contributed by atoms with Crippen LogP contribution in [0, 0.1) is 0 Å². The molecule has 0 aliphatic heterocycles. The van der Waals surface area contributed by atoms with Gasteiger partial charge in [0.2, 0.25) is 10.0 Å². The minimum absolute atomic E-state index is 0.0795. The molecule has 0 saturated heterocycles. The number of hydrogen-bond acceptors (Lipinski definition) is 7. The zero-order chi connectivity index (χ0) is 21.3. The first kappa shape index (κ1) is 22.8. The van der Waals surface area contributed by atoms with Crippen LogP contribution in [0.5, 0.6) is 11.5 Å². The number of carboxylic acid groups (broad SMARTS) is 1. The molecule has 0 aromatic heterocycles. The lowest BCUT2D eigenvalue weighted by atomic mass is 10.1. The van der Waals surface area contributed by atoms with Crippen molar-refractivity contribution in [2.75, 3.05) is 11.9 Å². The highest BCUT2D eigenvalue weighted by Gasteiger charge is 2.23. The van der Waals surface area contributed by atoms with Gasteiger partial charge in [0, 0.05) is 13.0 Å². The number of nitrogens with two attached hydrogens (primary N) is 1. The van der Waals surface area contributed by atoms with Gasteiger partial charge in [-0.15, -0.1) is 0 Å². The van der Waals surface area contributed by atoms with E-state index in [1.807, 2.05) is 6.79 Å². The fraction of sp³-hybridized carbons (Fsp3) is 0.167. The quantitative estimate of drug-likeness (QED) is 0.600. The van der Waals surface area contributed by atoms with Crippen molar-refractivity contribution in [3.63, 3.8) is 0 Å². The number of carbonyl (C=O) groups is 3. The van der Waals surface area contributed by atoms with E-state index in [1.165, 1.54) is 13.0 Å². The fourth-order valence-corrected chi connectivity index (χ4v) is 2.85. The smallest absolute Gasteiger partial charge is 0.335 e. The van der Waals surface area contributed by atoms with Crippen LogP contribution in [0.3, 0.4) is 0 Å². The van der Waals surface area contributed by atoms with E-state index < -0.39 is 20.9 Å². The Morgan fingerprint density at radius 1 is 1.18 bits per heavy atom. The van der Waals surface area contributed by atoms with Crippen molar-refractivity contribution < 1.29 is 32.6 Å². The second kappa shape index (κ2) is 10.2. The van der Waals surface area contributed by atoms with Crippen LogP contribution in [-0.2, 0) is 19.6 Å². The SMILES string of the molecule is C=O.CC(=O)CCNc1cc(C(=O)O)cc(S(N)(=O)=O)c1Oc1ccccc1. The molecule has 0 radical (unpaired) electrons. The first-order chi connectivity index (χ1) is 13.2. The maximum atomic E-state index is 12.0. The lowest BCUT2D eigenvalue weighted by Gasteiger charge is -2.17. The Kier molecular flexibility index (Phi) is 8.29. The number of carboxylic acids is 1. The van der Waals surface area contributed by atoms with Crippen molar-refractivity contribution in [2.24, 2.45) is 5.14 Å². The third-order valence-corrected chi connectivity index (χ3v) is 4.28. The molecule has 0 saturated carbocycles. The van der Waals surface area contributed by atoms with E-state index in [0.29, 0.717) is 5.75 Å². The van der Waals surface area contributed by atoms with Crippen LogP contribution in [-0.4, -0.2) is 38.6 Å². The van der Waals surface area contributed by atoms with Gasteiger partial charge in [0.15, 0.2) is 5.75 Å². The number of primary sulfonamides is 1. The second-order valence-electron chi connectivity index (χ2n) is 5.50. The van der Waals surface area contributed by atoms with Crippen LogP contribution < -0.4 is 15.2 Å². The molecule has 0 aliphatic rings. The van der Waals surface area contributed by atoms with Gasteiger partial charge < -0.3 is 20.0 Å². The lowest BCUT2D eigenvalue weighted by molar-refractivity contribution is -0.116. The predicted octanol–water partition coefficient (Wildman–Crippen LogP) is 2.03. The van der Waals surface area contributed by atoms with Crippen LogP contribution in [0.4, 0.5) is 5.69 Å². The summed E-state index contributed by atoms with van der Waals surface area (Å²) in [5.41, 5.74) is -0.168. The second-order valence-corrected chi connectivity index (χ2v) is 7.02. The van der Waals surface area contributed by atoms with Crippen LogP contribution in [0.25, 0.3) is 0 Å². The molecule has 0 aliphatic carbocycles. The van der Waals surface area contributed by atoms with Gasteiger partial charge in [-0.05, 0) is 31.2 Å². The lowest BCUT2D eigenvalue weighted by Crippen LogP contribution is -2.16. The molecule has 0 spiro atoms. The molecule has 0 amide bonds. The average Bonchev–Trinajstić information content (AvgIpc) is 2.64. The van der Waals surface area contributed by atoms with Crippen molar-refractivity contribution in [3.8, 4) is 11.5 Å². The number of sulfonamides is 1. The summed E-state index contributed by atoms with van der Waals surface area (Å²) in [6.45, 7) is 3.58. The average molecular weight is 408 g/mol. The maximum Gasteiger partial charge on any atom is 0.335 e. The van der Waals surface area contributed by atoms with E-state index in [4.69, 9.17) is 14.7 Å². The molecule has 9 nitrogen and oxygen atoms in total. The number of carbonyl (C=O) groups excluding carboxylic acids is 2. The summed E-state index contributed by atoms with van der Waals surface area (Å²) in [6, 6.07) is 10.5.